The Kier molecular flexibility index (Phi) is 5.74. The van der Waals surface area contributed by atoms with Gasteiger partial charge < -0.3 is 10.6 Å². The second-order valence-electron chi connectivity index (χ2n) is 6.15. The molecule has 5 nitrogen and oxygen atoms in total. The Bertz CT molecular complexity index is 1020. The van der Waals surface area contributed by atoms with Crippen molar-refractivity contribution in [2.75, 3.05) is 5.32 Å². The lowest BCUT2D eigenvalue weighted by Crippen LogP contribution is -2.24. The Hall–Kier alpha value is -3.61. The van der Waals surface area contributed by atoms with E-state index in [0.29, 0.717) is 6.54 Å². The number of aromatic nitrogens is 1. The average molecular weight is 381 g/mol. The molecule has 0 radical (unpaired) electrons. The normalized spacial score (nSPS) is 10.4. The van der Waals surface area contributed by atoms with Crippen molar-refractivity contribution in [2.24, 2.45) is 0 Å². The predicted molar refractivity (Wildman–Crippen MR) is 101 cm³/mol. The molecule has 2 N–H and O–H groups in total. The molecule has 28 heavy (non-hydrogen) atoms. The van der Waals surface area contributed by atoms with Gasteiger partial charge in [-0.3, -0.25) is 14.6 Å². The Morgan fingerprint density at radius 2 is 1.68 bits per heavy atom. The van der Waals surface area contributed by atoms with Crippen LogP contribution in [-0.2, 0) is 6.54 Å². The number of rotatable bonds is 5. The van der Waals surface area contributed by atoms with Crippen molar-refractivity contribution in [3.63, 3.8) is 0 Å². The van der Waals surface area contributed by atoms with E-state index < -0.39 is 29.1 Å². The van der Waals surface area contributed by atoms with E-state index in [1.807, 2.05) is 31.2 Å². The van der Waals surface area contributed by atoms with E-state index in [1.165, 1.54) is 24.4 Å². The average Bonchev–Trinajstić information content (AvgIpc) is 2.69. The van der Waals surface area contributed by atoms with Crippen molar-refractivity contribution < 1.29 is 18.4 Å². The molecule has 0 atom stereocenters. The number of halogens is 2. The molecule has 1 aromatic heterocycles. The van der Waals surface area contributed by atoms with E-state index >= 15 is 0 Å². The highest BCUT2D eigenvalue weighted by molar-refractivity contribution is 6.04. The third-order valence-corrected chi connectivity index (χ3v) is 3.99. The number of hydrogen-bond acceptors (Lipinski definition) is 3. The molecule has 0 aliphatic rings. The van der Waals surface area contributed by atoms with Crippen molar-refractivity contribution in [2.45, 2.75) is 13.5 Å². The first-order valence-corrected chi connectivity index (χ1v) is 8.49. The van der Waals surface area contributed by atoms with E-state index in [9.17, 15) is 18.4 Å². The Balaban J connectivity index is 1.70. The molecule has 2 aromatic carbocycles. The molecule has 0 fully saturated rings. The summed E-state index contributed by atoms with van der Waals surface area (Å²) in [7, 11) is 0. The third kappa shape index (κ3) is 4.56. The molecule has 0 saturated heterocycles. The number of nitrogens with one attached hydrogen (secondary N) is 2. The van der Waals surface area contributed by atoms with E-state index in [2.05, 4.69) is 15.6 Å². The highest BCUT2D eigenvalue weighted by atomic mass is 19.1. The van der Waals surface area contributed by atoms with Gasteiger partial charge in [-0.25, -0.2) is 8.78 Å². The summed E-state index contributed by atoms with van der Waals surface area (Å²) in [5.41, 5.74) is 1.53. The maximum Gasteiger partial charge on any atom is 0.274 e. The van der Waals surface area contributed by atoms with Gasteiger partial charge in [0.2, 0.25) is 0 Å². The molecule has 0 aliphatic heterocycles. The van der Waals surface area contributed by atoms with Crippen LogP contribution in [0.4, 0.5) is 14.5 Å². The summed E-state index contributed by atoms with van der Waals surface area (Å²) in [6.07, 6.45) is 1.29. The number of para-hydroxylation sites is 1. The van der Waals surface area contributed by atoms with E-state index in [0.717, 1.165) is 23.3 Å². The number of carbonyl (C=O) groups is 2. The minimum Gasteiger partial charge on any atom is -0.348 e. The van der Waals surface area contributed by atoms with Crippen LogP contribution in [0.2, 0.25) is 0 Å². The van der Waals surface area contributed by atoms with Gasteiger partial charge in [-0.15, -0.1) is 0 Å². The summed E-state index contributed by atoms with van der Waals surface area (Å²) in [6.45, 7) is 2.28. The number of nitrogens with zero attached hydrogens (tertiary/aromatic N) is 1. The Morgan fingerprint density at radius 1 is 0.964 bits per heavy atom. The maximum absolute atomic E-state index is 13.7. The van der Waals surface area contributed by atoms with Gasteiger partial charge in [-0.05, 0) is 36.8 Å². The number of pyridine rings is 1. The first kappa shape index (κ1) is 19.2. The van der Waals surface area contributed by atoms with Crippen molar-refractivity contribution in [1.29, 1.82) is 0 Å². The highest BCUT2D eigenvalue weighted by Gasteiger charge is 2.16. The molecule has 0 aliphatic carbocycles. The zero-order valence-electron chi connectivity index (χ0n) is 15.0. The van der Waals surface area contributed by atoms with Gasteiger partial charge in [0.05, 0.1) is 0 Å². The monoisotopic (exact) mass is 381 g/mol. The lowest BCUT2D eigenvalue weighted by atomic mass is 10.1. The molecule has 7 heteroatoms. The fraction of sp³-hybridized carbons (Fsp3) is 0.0952. The zero-order valence-corrected chi connectivity index (χ0v) is 15.0. The summed E-state index contributed by atoms with van der Waals surface area (Å²) < 4.78 is 27.4. The smallest absolute Gasteiger partial charge is 0.274 e. The maximum atomic E-state index is 13.7. The summed E-state index contributed by atoms with van der Waals surface area (Å²) >= 11 is 0. The van der Waals surface area contributed by atoms with Crippen LogP contribution in [0.1, 0.15) is 32.0 Å². The van der Waals surface area contributed by atoms with Gasteiger partial charge in [-0.1, -0.05) is 35.9 Å². The molecule has 0 saturated carbocycles. The van der Waals surface area contributed by atoms with Crippen molar-refractivity contribution in [1.82, 2.24) is 10.3 Å². The molecule has 0 bridgehead atoms. The molecular formula is C21H17F2N3O2. The molecule has 142 valence electrons. The largest absolute Gasteiger partial charge is 0.348 e. The quantitative estimate of drug-likeness (QED) is 0.705. The first-order valence-electron chi connectivity index (χ1n) is 8.49. The summed E-state index contributed by atoms with van der Waals surface area (Å²) in [5.74, 6) is -3.02. The highest BCUT2D eigenvalue weighted by Crippen LogP contribution is 2.18. The number of benzene rings is 2. The zero-order chi connectivity index (χ0) is 20.1. The Labute approximate surface area is 160 Å². The third-order valence-electron chi connectivity index (χ3n) is 3.99. The lowest BCUT2D eigenvalue weighted by molar-refractivity contribution is 0.0950. The van der Waals surface area contributed by atoms with Gasteiger partial charge in [0.25, 0.3) is 11.8 Å². The van der Waals surface area contributed by atoms with Crippen LogP contribution < -0.4 is 10.6 Å². The van der Waals surface area contributed by atoms with Crippen LogP contribution >= 0.6 is 0 Å². The SMILES string of the molecule is Cc1cccc(CNC(=O)c2ccnc(C(=O)Nc3c(F)cccc3F)c2)c1. The minimum absolute atomic E-state index is 0.133. The number of amides is 2. The van der Waals surface area contributed by atoms with Crippen molar-refractivity contribution in [3.8, 4) is 0 Å². The molecule has 2 amide bonds. The standard InChI is InChI=1S/C21H17F2N3O2/c1-13-4-2-5-14(10-13)12-25-20(27)15-8-9-24-18(11-15)21(28)26-19-16(22)6-3-7-17(19)23/h2-11H,12H2,1H3,(H,25,27)(H,26,28). The second kappa shape index (κ2) is 8.39. The van der Waals surface area contributed by atoms with Crippen LogP contribution in [0.25, 0.3) is 0 Å². The van der Waals surface area contributed by atoms with Crippen LogP contribution in [0, 0.1) is 18.6 Å². The number of carbonyl (C=O) groups excluding carboxylic acids is 2. The fourth-order valence-electron chi connectivity index (χ4n) is 2.60. The van der Waals surface area contributed by atoms with E-state index in [-0.39, 0.29) is 11.3 Å². The summed E-state index contributed by atoms with van der Waals surface area (Å²) in [4.78, 5) is 28.5. The Morgan fingerprint density at radius 3 is 2.39 bits per heavy atom. The fourth-order valence-corrected chi connectivity index (χ4v) is 2.60. The summed E-state index contributed by atoms with van der Waals surface area (Å²) in [5, 5.41) is 4.90. The summed E-state index contributed by atoms with van der Waals surface area (Å²) in [6, 6.07) is 13.7. The molecule has 3 rings (SSSR count). The lowest BCUT2D eigenvalue weighted by Gasteiger charge is -2.09. The van der Waals surface area contributed by atoms with Crippen molar-refractivity contribution in [3.05, 3.63) is 94.8 Å². The number of hydrogen-bond donors (Lipinski definition) is 2. The molecule has 0 spiro atoms. The van der Waals surface area contributed by atoms with Gasteiger partial charge in [0.1, 0.15) is 23.0 Å². The van der Waals surface area contributed by atoms with E-state index in [4.69, 9.17) is 0 Å². The van der Waals surface area contributed by atoms with Crippen LogP contribution in [0.5, 0.6) is 0 Å². The van der Waals surface area contributed by atoms with Crippen LogP contribution in [0.15, 0.2) is 60.8 Å². The van der Waals surface area contributed by atoms with Gasteiger partial charge in [0.15, 0.2) is 0 Å². The van der Waals surface area contributed by atoms with Gasteiger partial charge in [0, 0.05) is 18.3 Å². The molecule has 0 unspecified atom stereocenters. The topological polar surface area (TPSA) is 71.1 Å². The molecule has 1 heterocycles. The van der Waals surface area contributed by atoms with E-state index in [1.54, 1.807) is 0 Å². The second-order valence-corrected chi connectivity index (χ2v) is 6.15. The number of aryl methyl sites for hydroxylation is 1. The minimum atomic E-state index is -0.902. The predicted octanol–water partition coefficient (Wildman–Crippen LogP) is 3.85. The van der Waals surface area contributed by atoms with Crippen LogP contribution in [-0.4, -0.2) is 16.8 Å². The first-order chi connectivity index (χ1) is 13.4. The van der Waals surface area contributed by atoms with Crippen molar-refractivity contribution >= 4 is 17.5 Å². The van der Waals surface area contributed by atoms with Gasteiger partial charge in [-0.2, -0.15) is 0 Å². The van der Waals surface area contributed by atoms with Gasteiger partial charge >= 0.3 is 0 Å². The molecule has 3 aromatic rings. The number of anilines is 1. The molecular weight excluding hydrogens is 364 g/mol. The van der Waals surface area contributed by atoms with Crippen LogP contribution in [0.3, 0.4) is 0 Å².